The molecule has 82 heavy (non-hydrogen) atoms. The van der Waals surface area contributed by atoms with Crippen LogP contribution in [0.25, 0.3) is 0 Å². The van der Waals surface area contributed by atoms with E-state index in [0.29, 0.717) is 0 Å². The number of urea groups is 1. The Morgan fingerprint density at radius 1 is 0.402 bits per heavy atom. The molecule has 0 aromatic heterocycles. The number of oxime groups is 1. The predicted molar refractivity (Wildman–Crippen MR) is 352 cm³/mol. The van der Waals surface area contributed by atoms with Gasteiger partial charge in [-0.1, -0.05) is 5.16 Å². The normalized spacial score (nSPS) is 10.0. The van der Waals surface area contributed by atoms with Gasteiger partial charge in [0.1, 0.15) is 7.11 Å². The van der Waals surface area contributed by atoms with Crippen LogP contribution in [0.1, 0.15) is 55.4 Å². The molecule has 0 spiro atoms. The van der Waals surface area contributed by atoms with E-state index in [1.165, 1.54) is 95.0 Å². The second kappa shape index (κ2) is 64.5. The molecule has 0 aliphatic heterocycles. The lowest BCUT2D eigenvalue weighted by molar-refractivity contribution is -0.127. The smallest absolute Gasteiger partial charge is 0.408 e. The van der Waals surface area contributed by atoms with Gasteiger partial charge >= 0.3 is 12.1 Å². The highest BCUT2D eigenvalue weighted by molar-refractivity contribution is 7.88. The van der Waals surface area contributed by atoms with E-state index in [1.54, 1.807) is 152 Å². The van der Waals surface area contributed by atoms with Crippen molar-refractivity contribution < 1.29 is 73.1 Å². The fourth-order valence-corrected chi connectivity index (χ4v) is 1.06. The SMILES string of the molecule is CC(=O)N(C)C.CC(=O)N(C)C.CN(C)C(=O)N(C)C.CN(C)S(C)(=O)=O.CN(C)S(C)(=O)=O.CN=C(C)C.CN=C(C)N(C)C.CN=C(C)OC.COC(=O)N(C)C.CON=C(C)C.COP(C)(C)=O.COP(C)(C)=O.CP(C)(C)=O. The van der Waals surface area contributed by atoms with Crippen LogP contribution in [-0.2, 0) is 66.7 Å². The Hall–Kier alpha value is -4.01. The number of hydrogen-bond donors (Lipinski definition) is 0. The van der Waals surface area contributed by atoms with E-state index < -0.39 is 41.9 Å². The first-order valence-corrected chi connectivity index (χ1v) is 35.9. The number of nitrogens with zero attached hydrogens (tertiary/aromatic N) is 12. The van der Waals surface area contributed by atoms with Gasteiger partial charge in [0.05, 0.1) is 45.4 Å². The number of ether oxygens (including phenoxy) is 2. The molecule has 0 bridgehead atoms. The van der Waals surface area contributed by atoms with E-state index >= 15 is 0 Å². The van der Waals surface area contributed by atoms with Crippen LogP contribution in [0.2, 0.25) is 0 Å². The third-order valence-electron chi connectivity index (χ3n) is 7.07. The van der Waals surface area contributed by atoms with Crippen molar-refractivity contribution in [2.75, 3.05) is 229 Å². The minimum atomic E-state index is -2.91. The largest absolute Gasteiger partial charge is 0.485 e. The van der Waals surface area contributed by atoms with Gasteiger partial charge in [-0.25, -0.2) is 35.0 Å². The third kappa shape index (κ3) is 164. The number of aliphatic imine (C=N–C) groups is 3. The van der Waals surface area contributed by atoms with Crippen molar-refractivity contribution in [3.63, 3.8) is 0 Å². The summed E-state index contributed by atoms with van der Waals surface area (Å²) in [7, 11) is 27.9. The molecule has 0 saturated carbocycles. The van der Waals surface area contributed by atoms with Crippen molar-refractivity contribution >= 4 is 89.0 Å². The van der Waals surface area contributed by atoms with Crippen LogP contribution in [0.5, 0.6) is 0 Å². The highest BCUT2D eigenvalue weighted by Gasteiger charge is 2.04. The molecule has 502 valence electrons. The topological polar surface area (TPSA) is 309 Å². The van der Waals surface area contributed by atoms with Crippen molar-refractivity contribution in [1.82, 2.24) is 38.0 Å². The summed E-state index contributed by atoms with van der Waals surface area (Å²) in [5.74, 6) is 1.96. The van der Waals surface area contributed by atoms with Crippen molar-refractivity contribution in [1.29, 1.82) is 0 Å². The Bertz CT molecular complexity index is 1970. The third-order valence-corrected chi connectivity index (χ3v) is 11.5. The lowest BCUT2D eigenvalue weighted by Gasteiger charge is -2.16. The number of rotatable bonds is 5. The van der Waals surface area contributed by atoms with Crippen LogP contribution >= 0.6 is 21.9 Å². The summed E-state index contributed by atoms with van der Waals surface area (Å²) < 4.78 is 92.2. The average molecular weight is 1290 g/mol. The molecule has 0 unspecified atom stereocenters. The number of amides is 5. The molecule has 0 atom stereocenters. The standard InChI is InChI=1S/C5H12N2O.C5H12N2.C4H9NO2.4C4H9NO.C4H9N.2C3H9NO2S.2C3H9O2P.C3H9OP/c1-6(2)5(8)7(3)4;1-5(6-2)7(3)4;1-5(2)4(6)7-3;1-4(5-2)6-3;2*1-4(6)5(2)3;1-4(2)5-6-3;1-4(2)5-3;2*1-4(2)7(3,5)6;2*1-5-6(2,3)4;1-5(2,3)4/h1-4H3;1-4H3;1-3H3;4*1-3H3;1-3H3;2*1-3H3;2*1-3H3;1-3H3. The van der Waals surface area contributed by atoms with E-state index in [9.17, 15) is 49.7 Å². The minimum absolute atomic E-state index is 0.0185. The Morgan fingerprint density at radius 2 is 0.622 bits per heavy atom. The molecule has 0 heterocycles. The lowest BCUT2D eigenvalue weighted by Crippen LogP contribution is -2.33. The van der Waals surface area contributed by atoms with E-state index in [-0.39, 0.29) is 23.9 Å². The summed E-state index contributed by atoms with van der Waals surface area (Å²) >= 11 is 0. The van der Waals surface area contributed by atoms with Crippen LogP contribution in [0.4, 0.5) is 9.59 Å². The Labute approximate surface area is 502 Å². The van der Waals surface area contributed by atoms with Gasteiger partial charge in [-0.3, -0.25) is 33.7 Å². The van der Waals surface area contributed by atoms with Gasteiger partial charge in [-0.2, -0.15) is 0 Å². The van der Waals surface area contributed by atoms with Crippen LogP contribution in [-0.4, -0.2) is 331 Å². The summed E-state index contributed by atoms with van der Waals surface area (Å²) in [4.78, 5) is 66.3. The average Bonchev–Trinajstić information content (AvgIpc) is 3.30. The first-order valence-electron chi connectivity index (χ1n) is 24.1. The van der Waals surface area contributed by atoms with Crippen molar-refractivity contribution in [2.24, 2.45) is 20.1 Å². The molecule has 0 radical (unpaired) electrons. The van der Waals surface area contributed by atoms with Gasteiger partial charge in [0, 0.05) is 201 Å². The molecule has 0 aromatic rings. The van der Waals surface area contributed by atoms with Crippen molar-refractivity contribution in [3.8, 4) is 0 Å². The van der Waals surface area contributed by atoms with Gasteiger partial charge in [0.2, 0.25) is 31.9 Å². The molecule has 28 nitrogen and oxygen atoms in total. The van der Waals surface area contributed by atoms with Crippen LogP contribution in [0.3, 0.4) is 0 Å². The van der Waals surface area contributed by atoms with Gasteiger partial charge < -0.3 is 57.3 Å². The first-order chi connectivity index (χ1) is 36.1. The minimum Gasteiger partial charge on any atom is -0.485 e. The summed E-state index contributed by atoms with van der Waals surface area (Å²) in [6.07, 6.45) is 2.00. The highest BCUT2D eigenvalue weighted by atomic mass is 32.2. The van der Waals surface area contributed by atoms with Gasteiger partial charge in [-0.15, -0.1) is 0 Å². The molecule has 0 saturated heterocycles. The zero-order valence-corrected chi connectivity index (χ0v) is 63.4. The Morgan fingerprint density at radius 3 is 0.622 bits per heavy atom. The fraction of sp³-hybridized carbons (Fsp3) is 0.837. The number of carbonyl (C=O) groups is 4. The first kappa shape index (κ1) is 109. The Kier molecular flexibility index (Phi) is 86.2. The maximum atomic E-state index is 10.7. The van der Waals surface area contributed by atoms with Gasteiger partial charge in [-0.05, 0) is 54.6 Å². The Balaban J connectivity index is -0.0000000573. The van der Waals surface area contributed by atoms with Crippen LogP contribution in [0, 0.1) is 0 Å². The summed E-state index contributed by atoms with van der Waals surface area (Å²) in [6.45, 7) is 26.1. The molecular formula is C49H123N12O16P3S2. The molecule has 0 aliphatic carbocycles. The number of methoxy groups -OCH3 is 2. The molecule has 0 N–H and O–H groups in total. The van der Waals surface area contributed by atoms with Crippen molar-refractivity contribution in [3.05, 3.63) is 0 Å². The molecule has 0 fully saturated rings. The lowest BCUT2D eigenvalue weighted by atomic mass is 10.5. The number of sulfonamides is 2. The molecule has 0 rings (SSSR count). The van der Waals surface area contributed by atoms with Gasteiger partial charge in [0.25, 0.3) is 0 Å². The van der Waals surface area contributed by atoms with E-state index in [2.05, 4.69) is 43.5 Å². The van der Waals surface area contributed by atoms with Crippen LogP contribution in [0.15, 0.2) is 20.1 Å². The molecular weight excluding hydrogens is 1170 g/mol. The van der Waals surface area contributed by atoms with Gasteiger partial charge in [0.15, 0.2) is 20.6 Å². The summed E-state index contributed by atoms with van der Waals surface area (Å²) in [5, 5.41) is 3.54. The zero-order valence-electron chi connectivity index (χ0n) is 59.1. The molecule has 0 aliphatic rings. The second-order valence-electron chi connectivity index (χ2n) is 19.1. The number of amidine groups is 1. The van der Waals surface area contributed by atoms with E-state index in [0.717, 1.165) is 44.3 Å². The monoisotopic (exact) mass is 1290 g/mol. The van der Waals surface area contributed by atoms with Crippen molar-refractivity contribution in [2.45, 2.75) is 55.4 Å². The zero-order chi connectivity index (χ0) is 70.1. The van der Waals surface area contributed by atoms with Crippen LogP contribution < -0.4 is 0 Å². The number of hydrogen-bond acceptors (Lipinski definition) is 20. The maximum absolute atomic E-state index is 10.7. The van der Waals surface area contributed by atoms with E-state index in [4.69, 9.17) is 0 Å². The second-order valence-corrected chi connectivity index (χ2v) is 33.0. The molecule has 0 aromatic carbocycles. The summed E-state index contributed by atoms with van der Waals surface area (Å²) in [6, 6.07) is 0.0185. The quantitative estimate of drug-likeness (QED) is 0.119. The maximum Gasteiger partial charge on any atom is 0.408 e. The fourth-order valence-electron chi connectivity index (χ4n) is 1.06. The molecule has 33 heteroatoms. The van der Waals surface area contributed by atoms with E-state index in [1.807, 2.05) is 53.6 Å². The number of carbonyl (C=O) groups excluding carboxylic acids is 4. The predicted octanol–water partition coefficient (Wildman–Crippen LogP) is 6.73. The molecule has 5 amide bonds. The highest BCUT2D eigenvalue weighted by Crippen LogP contribution is 2.35. The summed E-state index contributed by atoms with van der Waals surface area (Å²) in [5.41, 5.74) is 2.07.